The van der Waals surface area contributed by atoms with Crippen molar-refractivity contribution in [2.75, 3.05) is 0 Å². The van der Waals surface area contributed by atoms with Crippen molar-refractivity contribution >= 4 is 33.4 Å². The predicted octanol–water partition coefficient (Wildman–Crippen LogP) is 3.77. The number of amides is 1. The van der Waals surface area contributed by atoms with Crippen LogP contribution in [-0.2, 0) is 0 Å². The molecule has 2 rings (SSSR count). The first-order valence-corrected chi connectivity index (χ1v) is 6.59. The number of carbonyl (C=O) groups excluding carboxylic acids is 1. The Balaban J connectivity index is 2.07. The molecular formula is C12H13BrClNO. The zero-order valence-electron chi connectivity index (χ0n) is 8.80. The van der Waals surface area contributed by atoms with Crippen molar-refractivity contribution in [3.8, 4) is 0 Å². The highest BCUT2D eigenvalue weighted by molar-refractivity contribution is 9.10. The second-order valence-electron chi connectivity index (χ2n) is 4.11. The molecule has 0 unspecified atom stereocenters. The first-order chi connectivity index (χ1) is 7.65. The van der Waals surface area contributed by atoms with Crippen LogP contribution in [0.5, 0.6) is 0 Å². The van der Waals surface area contributed by atoms with Gasteiger partial charge in [0.25, 0.3) is 5.91 Å². The normalized spacial score (nSPS) is 16.4. The fourth-order valence-corrected chi connectivity index (χ4v) is 2.88. The molecule has 2 nitrogen and oxygen atoms in total. The minimum Gasteiger partial charge on any atom is -0.349 e. The molecule has 1 amide bonds. The van der Waals surface area contributed by atoms with Crippen molar-refractivity contribution in [3.63, 3.8) is 0 Å². The van der Waals surface area contributed by atoms with Crippen molar-refractivity contribution in [2.45, 2.75) is 31.7 Å². The van der Waals surface area contributed by atoms with E-state index in [0.717, 1.165) is 17.3 Å². The summed E-state index contributed by atoms with van der Waals surface area (Å²) in [6.07, 6.45) is 4.61. The standard InChI is InChI=1S/C12H13BrClNO/c13-9-5-8(6-10(14)7-9)12(16)15-11-3-1-2-4-11/h5-7,11H,1-4H2,(H,15,16). The Bertz CT molecular complexity index is 382. The number of benzene rings is 1. The highest BCUT2D eigenvalue weighted by atomic mass is 79.9. The number of hydrogen-bond donors (Lipinski definition) is 1. The lowest BCUT2D eigenvalue weighted by molar-refractivity contribution is 0.0938. The molecule has 0 aliphatic heterocycles. The van der Waals surface area contributed by atoms with E-state index < -0.39 is 0 Å². The van der Waals surface area contributed by atoms with Crippen LogP contribution in [0.1, 0.15) is 36.0 Å². The molecular weight excluding hydrogens is 289 g/mol. The van der Waals surface area contributed by atoms with E-state index in [9.17, 15) is 4.79 Å². The van der Waals surface area contributed by atoms with E-state index >= 15 is 0 Å². The van der Waals surface area contributed by atoms with Gasteiger partial charge in [0.2, 0.25) is 0 Å². The van der Waals surface area contributed by atoms with Crippen LogP contribution in [0.4, 0.5) is 0 Å². The van der Waals surface area contributed by atoms with Gasteiger partial charge in [-0.2, -0.15) is 0 Å². The van der Waals surface area contributed by atoms with Gasteiger partial charge in [-0.3, -0.25) is 4.79 Å². The summed E-state index contributed by atoms with van der Waals surface area (Å²) < 4.78 is 0.830. The van der Waals surface area contributed by atoms with E-state index in [-0.39, 0.29) is 5.91 Å². The van der Waals surface area contributed by atoms with Crippen molar-refractivity contribution in [1.82, 2.24) is 5.32 Å². The first kappa shape index (κ1) is 11.9. The highest BCUT2D eigenvalue weighted by Crippen LogP contribution is 2.21. The average molecular weight is 303 g/mol. The Kier molecular flexibility index (Phi) is 3.87. The van der Waals surface area contributed by atoms with Gasteiger partial charge < -0.3 is 5.32 Å². The lowest BCUT2D eigenvalue weighted by Crippen LogP contribution is -2.32. The van der Waals surface area contributed by atoms with Gasteiger partial charge in [-0.25, -0.2) is 0 Å². The fraction of sp³-hybridized carbons (Fsp3) is 0.417. The molecule has 0 bridgehead atoms. The van der Waals surface area contributed by atoms with Crippen LogP contribution in [0.15, 0.2) is 22.7 Å². The monoisotopic (exact) mass is 301 g/mol. The van der Waals surface area contributed by atoms with Crippen LogP contribution in [0.2, 0.25) is 5.02 Å². The van der Waals surface area contributed by atoms with Gasteiger partial charge in [0.05, 0.1) is 0 Å². The summed E-state index contributed by atoms with van der Waals surface area (Å²) in [6, 6.07) is 5.59. The van der Waals surface area contributed by atoms with Crippen LogP contribution in [0.25, 0.3) is 0 Å². The SMILES string of the molecule is O=C(NC1CCCC1)c1cc(Cl)cc(Br)c1. The summed E-state index contributed by atoms with van der Waals surface area (Å²) in [5.74, 6) is -0.0323. The molecule has 1 aliphatic carbocycles. The molecule has 1 saturated carbocycles. The Morgan fingerprint density at radius 3 is 2.62 bits per heavy atom. The molecule has 1 N–H and O–H groups in total. The van der Waals surface area contributed by atoms with E-state index in [2.05, 4.69) is 21.2 Å². The molecule has 0 saturated heterocycles. The molecule has 0 radical (unpaired) electrons. The number of carbonyl (C=O) groups is 1. The van der Waals surface area contributed by atoms with E-state index in [1.165, 1.54) is 12.8 Å². The van der Waals surface area contributed by atoms with Crippen LogP contribution in [-0.4, -0.2) is 11.9 Å². The fourth-order valence-electron chi connectivity index (χ4n) is 2.02. The highest BCUT2D eigenvalue weighted by Gasteiger charge is 2.18. The smallest absolute Gasteiger partial charge is 0.251 e. The third kappa shape index (κ3) is 2.98. The average Bonchev–Trinajstić information content (AvgIpc) is 2.68. The van der Waals surface area contributed by atoms with Crippen LogP contribution in [0, 0.1) is 0 Å². The van der Waals surface area contributed by atoms with Gasteiger partial charge in [-0.05, 0) is 31.0 Å². The quantitative estimate of drug-likeness (QED) is 0.885. The van der Waals surface area contributed by atoms with Crippen molar-refractivity contribution in [2.24, 2.45) is 0 Å². The molecule has 0 spiro atoms. The van der Waals surface area contributed by atoms with Gasteiger partial charge in [0, 0.05) is 21.1 Å². The Labute approximate surface area is 108 Å². The van der Waals surface area contributed by atoms with Crippen LogP contribution >= 0.6 is 27.5 Å². The number of nitrogens with one attached hydrogen (secondary N) is 1. The van der Waals surface area contributed by atoms with Crippen molar-refractivity contribution < 1.29 is 4.79 Å². The van der Waals surface area contributed by atoms with E-state index in [4.69, 9.17) is 11.6 Å². The molecule has 1 aromatic rings. The number of halogens is 2. The van der Waals surface area contributed by atoms with Crippen molar-refractivity contribution in [1.29, 1.82) is 0 Å². The maximum Gasteiger partial charge on any atom is 0.251 e. The lowest BCUT2D eigenvalue weighted by atomic mass is 10.2. The van der Waals surface area contributed by atoms with E-state index in [1.54, 1.807) is 18.2 Å². The molecule has 16 heavy (non-hydrogen) atoms. The summed E-state index contributed by atoms with van der Waals surface area (Å²) in [4.78, 5) is 11.9. The maximum absolute atomic E-state index is 11.9. The van der Waals surface area contributed by atoms with Gasteiger partial charge in [0.15, 0.2) is 0 Å². The minimum atomic E-state index is -0.0323. The zero-order valence-corrected chi connectivity index (χ0v) is 11.1. The van der Waals surface area contributed by atoms with Gasteiger partial charge in [-0.1, -0.05) is 40.4 Å². The maximum atomic E-state index is 11.9. The lowest BCUT2D eigenvalue weighted by Gasteiger charge is -2.12. The summed E-state index contributed by atoms with van der Waals surface area (Å²) >= 11 is 9.23. The van der Waals surface area contributed by atoms with Gasteiger partial charge in [0.1, 0.15) is 0 Å². The molecule has 0 aromatic heterocycles. The van der Waals surface area contributed by atoms with Gasteiger partial charge in [-0.15, -0.1) is 0 Å². The summed E-state index contributed by atoms with van der Waals surface area (Å²) in [7, 11) is 0. The molecule has 1 aliphatic rings. The second-order valence-corrected chi connectivity index (χ2v) is 5.47. The third-order valence-corrected chi connectivity index (χ3v) is 3.49. The molecule has 86 valence electrons. The third-order valence-electron chi connectivity index (χ3n) is 2.82. The van der Waals surface area contributed by atoms with Crippen LogP contribution in [0.3, 0.4) is 0 Å². The summed E-state index contributed by atoms with van der Waals surface area (Å²) in [6.45, 7) is 0. The Hall–Kier alpha value is -0.540. The number of hydrogen-bond acceptors (Lipinski definition) is 1. The summed E-state index contributed by atoms with van der Waals surface area (Å²) in [5.41, 5.74) is 0.617. The molecule has 0 heterocycles. The van der Waals surface area contributed by atoms with E-state index in [1.807, 2.05) is 0 Å². The first-order valence-electron chi connectivity index (χ1n) is 5.42. The molecule has 1 fully saturated rings. The molecule has 1 aromatic carbocycles. The van der Waals surface area contributed by atoms with Crippen molar-refractivity contribution in [3.05, 3.63) is 33.3 Å². The zero-order chi connectivity index (χ0) is 11.5. The Morgan fingerprint density at radius 2 is 2.00 bits per heavy atom. The largest absolute Gasteiger partial charge is 0.349 e. The van der Waals surface area contributed by atoms with E-state index in [0.29, 0.717) is 16.6 Å². The predicted molar refractivity (Wildman–Crippen MR) is 68.9 cm³/mol. The minimum absolute atomic E-state index is 0.0323. The molecule has 0 atom stereocenters. The second kappa shape index (κ2) is 5.19. The summed E-state index contributed by atoms with van der Waals surface area (Å²) in [5, 5.41) is 3.61. The van der Waals surface area contributed by atoms with Gasteiger partial charge >= 0.3 is 0 Å². The number of rotatable bonds is 2. The molecule has 4 heteroatoms. The van der Waals surface area contributed by atoms with Crippen LogP contribution < -0.4 is 5.32 Å². The Morgan fingerprint density at radius 1 is 1.31 bits per heavy atom. The topological polar surface area (TPSA) is 29.1 Å².